The number of fused-ring (bicyclic) bond motifs is 1. The number of rotatable bonds is 8. The highest BCUT2D eigenvalue weighted by Gasteiger charge is 2.38. The molecule has 4 heterocycles. The van der Waals surface area contributed by atoms with Gasteiger partial charge in [0.05, 0.1) is 19.4 Å². The van der Waals surface area contributed by atoms with Crippen LogP contribution in [0.4, 0.5) is 19.0 Å². The molecule has 36 heavy (non-hydrogen) atoms. The first-order valence-electron chi connectivity index (χ1n) is 12.9. The van der Waals surface area contributed by atoms with Crippen LogP contribution in [0.2, 0.25) is 0 Å². The molecular weight excluding hydrogens is 469 g/mol. The number of alkyl halides is 3. The molecule has 1 saturated heterocycles. The lowest BCUT2D eigenvalue weighted by atomic mass is 9.96. The van der Waals surface area contributed by atoms with Crippen LogP contribution in [0.5, 0.6) is 0 Å². The second kappa shape index (κ2) is 11.0. The second-order valence-corrected chi connectivity index (χ2v) is 9.90. The first kappa shape index (κ1) is 24.7. The minimum absolute atomic E-state index is 0.147. The molecule has 11 heteroatoms. The Morgan fingerprint density at radius 3 is 2.61 bits per heavy atom. The summed E-state index contributed by atoms with van der Waals surface area (Å²) in [6.07, 6.45) is 1.63. The van der Waals surface area contributed by atoms with Gasteiger partial charge in [0.25, 0.3) is 0 Å². The summed E-state index contributed by atoms with van der Waals surface area (Å²) >= 11 is 0. The molecule has 8 nitrogen and oxygen atoms in total. The van der Waals surface area contributed by atoms with Gasteiger partial charge in [-0.3, -0.25) is 5.10 Å². The highest BCUT2D eigenvalue weighted by Crippen LogP contribution is 2.27. The van der Waals surface area contributed by atoms with Gasteiger partial charge in [-0.25, -0.2) is 24.5 Å². The van der Waals surface area contributed by atoms with Gasteiger partial charge in [0.15, 0.2) is 5.65 Å². The molecule has 196 valence electrons. The van der Waals surface area contributed by atoms with Crippen molar-refractivity contribution in [3.05, 3.63) is 47.1 Å². The highest BCUT2D eigenvalue weighted by atomic mass is 19.4. The summed E-state index contributed by atoms with van der Waals surface area (Å²) in [5, 5.41) is 2.82. The topological polar surface area (TPSA) is 77.7 Å². The number of halogens is 3. The van der Waals surface area contributed by atoms with Gasteiger partial charge in [0.2, 0.25) is 5.62 Å². The standard InChI is InChI=1S/C25H35F3N8/c1-5-6-21(25(26,27)28)32-24-31-15-22-29-14-20(36(22)33-24)12-19-11-17(2)23(30-13-19)35-9-7-18(8-10-35)16-34(3)4/h11,13-15,18,21H,5-10,12,16H2,1-4H3,(H,32,33)/t21-/m1/s1/i15D. The Morgan fingerprint density at radius 1 is 1.22 bits per heavy atom. The van der Waals surface area contributed by atoms with Gasteiger partial charge in [-0.05, 0) is 57.3 Å². The summed E-state index contributed by atoms with van der Waals surface area (Å²) in [6, 6.07) is 0.209. The minimum Gasteiger partial charge on any atom is -0.356 e. The Kier molecular flexibility index (Phi) is 7.54. The molecule has 0 amide bonds. The average Bonchev–Trinajstić information content (AvgIpc) is 3.22. The van der Waals surface area contributed by atoms with Crippen molar-refractivity contribution in [2.45, 2.75) is 58.2 Å². The predicted molar refractivity (Wildman–Crippen MR) is 133 cm³/mol. The van der Waals surface area contributed by atoms with Crippen LogP contribution in [0, 0.1) is 12.8 Å². The second-order valence-electron chi connectivity index (χ2n) is 9.90. The third-order valence-electron chi connectivity index (χ3n) is 6.56. The van der Waals surface area contributed by atoms with Gasteiger partial charge in [-0.15, -0.1) is 0 Å². The van der Waals surface area contributed by atoms with Gasteiger partial charge in [-0.2, -0.15) is 13.2 Å². The van der Waals surface area contributed by atoms with Crippen molar-refractivity contribution in [3.8, 4) is 0 Å². The lowest BCUT2D eigenvalue weighted by Crippen LogP contribution is -2.37. The number of nitrogens with one attached hydrogen (secondary N) is 1. The molecule has 1 atom stereocenters. The van der Waals surface area contributed by atoms with Crippen LogP contribution in [0.15, 0.2) is 29.6 Å². The number of imidazole rings is 1. The van der Waals surface area contributed by atoms with E-state index in [4.69, 9.17) is 6.35 Å². The van der Waals surface area contributed by atoms with Crippen LogP contribution in [-0.2, 0) is 6.42 Å². The molecule has 0 aliphatic carbocycles. The van der Waals surface area contributed by atoms with E-state index in [-0.39, 0.29) is 23.9 Å². The number of aromatic nitrogens is 5. The van der Waals surface area contributed by atoms with E-state index in [1.807, 2.05) is 13.1 Å². The van der Waals surface area contributed by atoms with Crippen LogP contribution in [0.3, 0.4) is 0 Å². The van der Waals surface area contributed by atoms with E-state index >= 15 is 0 Å². The minimum atomic E-state index is -4.48. The molecule has 1 fully saturated rings. The van der Waals surface area contributed by atoms with Gasteiger partial charge >= 0.3 is 6.18 Å². The smallest absolute Gasteiger partial charge is 0.356 e. The van der Waals surface area contributed by atoms with E-state index in [0.717, 1.165) is 49.4 Å². The van der Waals surface area contributed by atoms with Crippen molar-refractivity contribution in [1.82, 2.24) is 29.5 Å². The van der Waals surface area contributed by atoms with Gasteiger partial charge in [-0.1, -0.05) is 19.4 Å². The van der Waals surface area contributed by atoms with Gasteiger partial charge in [0.1, 0.15) is 11.9 Å². The Morgan fingerprint density at radius 2 is 1.97 bits per heavy atom. The molecule has 1 aliphatic heterocycles. The first-order valence-corrected chi connectivity index (χ1v) is 12.4. The number of hydrogen-bond donors (Lipinski definition) is 1. The maximum absolute atomic E-state index is 13.4. The fraction of sp³-hybridized carbons (Fsp3) is 0.600. The molecule has 0 saturated carbocycles. The normalized spacial score (nSPS) is 17.3. The van der Waals surface area contributed by atoms with Crippen LogP contribution in [0.1, 0.15) is 50.8 Å². The molecule has 4 rings (SSSR count). The lowest BCUT2D eigenvalue weighted by molar-refractivity contribution is -0.149. The molecule has 0 bridgehead atoms. The number of aryl methyl sites for hydroxylation is 1. The molecule has 3 aromatic heterocycles. The predicted octanol–water partition coefficient (Wildman–Crippen LogP) is 3.76. The molecule has 3 aromatic rings. The number of nitrogens with zero attached hydrogens (tertiary/aromatic N) is 7. The molecular formula is C25H35F3N8. The Hall–Kier alpha value is -2.95. The third-order valence-corrected chi connectivity index (χ3v) is 6.56. The zero-order valence-corrected chi connectivity index (χ0v) is 21.3. The first-order chi connectivity index (χ1) is 17.5. The number of anilines is 1. The van der Waals surface area contributed by atoms with Crippen molar-refractivity contribution in [2.75, 3.05) is 38.6 Å². The molecule has 1 aliphatic rings. The summed E-state index contributed by atoms with van der Waals surface area (Å²) in [5.74, 6) is 1.70. The van der Waals surface area contributed by atoms with Crippen LogP contribution in [0.25, 0.3) is 5.65 Å². The van der Waals surface area contributed by atoms with Crippen molar-refractivity contribution < 1.29 is 14.5 Å². The Labute approximate surface area is 210 Å². The fourth-order valence-electron chi connectivity index (χ4n) is 4.83. The van der Waals surface area contributed by atoms with E-state index < -0.39 is 12.2 Å². The quantitative estimate of drug-likeness (QED) is 0.505. The number of aromatic amines is 1. The average molecular weight is 506 g/mol. The number of H-pyrrole nitrogens is 1. The maximum atomic E-state index is 13.4. The molecule has 0 radical (unpaired) electrons. The SMILES string of the molecule is [2H]c1nc(=N[C@H](CCC)C(F)(F)F)[nH]n2c(Cc3cnc(N4CCC(CN(C)C)CC4)c(C)c3)cnc12. The Bertz CT molecular complexity index is 1280. The van der Waals surface area contributed by atoms with Gasteiger partial charge < -0.3 is 9.80 Å². The maximum Gasteiger partial charge on any atom is 0.410 e. The fourth-order valence-corrected chi connectivity index (χ4v) is 4.83. The van der Waals surface area contributed by atoms with E-state index in [1.54, 1.807) is 13.1 Å². The number of piperidine rings is 1. The number of pyridine rings is 1. The van der Waals surface area contributed by atoms with Crippen LogP contribution < -0.4 is 10.5 Å². The van der Waals surface area contributed by atoms with E-state index in [9.17, 15) is 13.2 Å². The van der Waals surface area contributed by atoms with Crippen molar-refractivity contribution in [2.24, 2.45) is 10.9 Å². The molecule has 0 aromatic carbocycles. The number of hydrogen-bond acceptors (Lipinski definition) is 6. The summed E-state index contributed by atoms with van der Waals surface area (Å²) in [4.78, 5) is 21.3. The van der Waals surface area contributed by atoms with E-state index in [2.05, 4.69) is 50.0 Å². The summed E-state index contributed by atoms with van der Waals surface area (Å²) in [7, 11) is 4.22. The van der Waals surface area contributed by atoms with E-state index in [1.165, 1.54) is 4.52 Å². The van der Waals surface area contributed by atoms with Crippen LogP contribution in [-0.4, -0.2) is 75.4 Å². The molecule has 0 unspecified atom stereocenters. The summed E-state index contributed by atoms with van der Waals surface area (Å²) in [5.41, 5.74) is 2.69. The zero-order valence-electron chi connectivity index (χ0n) is 22.3. The largest absolute Gasteiger partial charge is 0.410 e. The summed E-state index contributed by atoms with van der Waals surface area (Å²) in [6.45, 7) is 6.79. The molecule has 0 spiro atoms. The van der Waals surface area contributed by atoms with Gasteiger partial charge in [0, 0.05) is 32.3 Å². The monoisotopic (exact) mass is 505 g/mol. The highest BCUT2D eigenvalue weighted by molar-refractivity contribution is 5.48. The Balaban J connectivity index is 1.55. The van der Waals surface area contributed by atoms with E-state index in [0.29, 0.717) is 24.5 Å². The zero-order chi connectivity index (χ0) is 26.7. The van der Waals surface area contributed by atoms with Crippen molar-refractivity contribution in [1.29, 1.82) is 0 Å². The van der Waals surface area contributed by atoms with Crippen molar-refractivity contribution in [3.63, 3.8) is 0 Å². The van der Waals surface area contributed by atoms with Crippen molar-refractivity contribution >= 4 is 11.5 Å². The third kappa shape index (κ3) is 6.24. The molecule has 1 N–H and O–H groups in total. The lowest BCUT2D eigenvalue weighted by Gasteiger charge is -2.34. The summed E-state index contributed by atoms with van der Waals surface area (Å²) < 4.78 is 49.8. The van der Waals surface area contributed by atoms with Crippen LogP contribution >= 0.6 is 0 Å².